The third-order valence-corrected chi connectivity index (χ3v) is 4.64. The number of anilines is 1. The number of amides is 1. The minimum absolute atomic E-state index is 0.0606. The van der Waals surface area contributed by atoms with E-state index in [4.69, 9.17) is 13.9 Å². The number of hydrogen-bond donors (Lipinski definition) is 1. The highest BCUT2D eigenvalue weighted by atomic mass is 16.5. The molecule has 0 bridgehead atoms. The van der Waals surface area contributed by atoms with Crippen LogP contribution in [0.3, 0.4) is 0 Å². The number of ether oxygens (including phenoxy) is 2. The molecule has 1 saturated heterocycles. The average molecular weight is 395 g/mol. The molecule has 8 heteroatoms. The SMILES string of the molecule is O=C(Nc1ccc(OCCN2CCOCC2)nc1)c1cc2ccccc2oc1=O. The number of rotatable bonds is 6. The summed E-state index contributed by atoms with van der Waals surface area (Å²) in [6, 6.07) is 11.9. The number of aromatic nitrogens is 1. The van der Waals surface area contributed by atoms with Crippen molar-refractivity contribution in [3.05, 3.63) is 64.6 Å². The normalized spacial score (nSPS) is 14.6. The van der Waals surface area contributed by atoms with Crippen LogP contribution in [0.25, 0.3) is 11.0 Å². The molecule has 4 rings (SSSR count). The molecule has 8 nitrogen and oxygen atoms in total. The third-order valence-electron chi connectivity index (χ3n) is 4.64. The van der Waals surface area contributed by atoms with Crippen molar-refractivity contribution in [2.45, 2.75) is 0 Å². The Hall–Kier alpha value is -3.23. The van der Waals surface area contributed by atoms with Crippen molar-refractivity contribution >= 4 is 22.6 Å². The van der Waals surface area contributed by atoms with Gasteiger partial charge in [-0.1, -0.05) is 18.2 Å². The first kappa shape index (κ1) is 19.1. The van der Waals surface area contributed by atoms with Crippen molar-refractivity contribution in [1.29, 1.82) is 0 Å². The summed E-state index contributed by atoms with van der Waals surface area (Å²) >= 11 is 0. The van der Waals surface area contributed by atoms with E-state index in [0.29, 0.717) is 29.1 Å². The second-order valence-corrected chi connectivity index (χ2v) is 6.63. The molecule has 0 aliphatic carbocycles. The van der Waals surface area contributed by atoms with E-state index in [0.717, 1.165) is 32.8 Å². The molecule has 1 aliphatic rings. The van der Waals surface area contributed by atoms with Crippen LogP contribution >= 0.6 is 0 Å². The van der Waals surface area contributed by atoms with Gasteiger partial charge in [0.05, 0.1) is 25.1 Å². The summed E-state index contributed by atoms with van der Waals surface area (Å²) in [5.41, 5.74) is 0.157. The van der Waals surface area contributed by atoms with Gasteiger partial charge in [-0.2, -0.15) is 0 Å². The number of hydrogen-bond acceptors (Lipinski definition) is 7. The van der Waals surface area contributed by atoms with Gasteiger partial charge in [0.2, 0.25) is 5.88 Å². The van der Waals surface area contributed by atoms with E-state index in [1.165, 1.54) is 12.3 Å². The van der Waals surface area contributed by atoms with Crippen LogP contribution < -0.4 is 15.7 Å². The van der Waals surface area contributed by atoms with Gasteiger partial charge in [0.15, 0.2) is 0 Å². The van der Waals surface area contributed by atoms with Crippen LogP contribution in [-0.4, -0.2) is 55.2 Å². The standard InChI is InChI=1S/C21H21N3O5/c25-20(17-13-15-3-1-2-4-18(15)29-21(17)26)23-16-5-6-19(22-14-16)28-12-9-24-7-10-27-11-8-24/h1-6,13-14H,7-12H2,(H,23,25). The summed E-state index contributed by atoms with van der Waals surface area (Å²) < 4.78 is 16.2. The van der Waals surface area contributed by atoms with Crippen molar-refractivity contribution in [2.24, 2.45) is 0 Å². The number of nitrogens with zero attached hydrogens (tertiary/aromatic N) is 2. The second kappa shape index (κ2) is 8.85. The molecule has 0 spiro atoms. The Morgan fingerprint density at radius 3 is 2.79 bits per heavy atom. The van der Waals surface area contributed by atoms with Gasteiger partial charge in [-0.15, -0.1) is 0 Å². The van der Waals surface area contributed by atoms with Crippen LogP contribution in [-0.2, 0) is 4.74 Å². The summed E-state index contributed by atoms with van der Waals surface area (Å²) in [6.45, 7) is 4.65. The van der Waals surface area contributed by atoms with Crippen LogP contribution in [0, 0.1) is 0 Å². The van der Waals surface area contributed by atoms with E-state index < -0.39 is 11.5 Å². The summed E-state index contributed by atoms with van der Waals surface area (Å²) in [4.78, 5) is 31.0. The van der Waals surface area contributed by atoms with Gasteiger partial charge in [0.1, 0.15) is 17.8 Å². The zero-order valence-electron chi connectivity index (χ0n) is 15.8. The topological polar surface area (TPSA) is 93.9 Å². The fraction of sp³-hybridized carbons (Fsp3) is 0.286. The van der Waals surface area contributed by atoms with E-state index in [1.54, 1.807) is 30.3 Å². The maximum atomic E-state index is 12.5. The molecule has 3 aromatic rings. The monoisotopic (exact) mass is 395 g/mol. The van der Waals surface area contributed by atoms with Crippen molar-refractivity contribution in [2.75, 3.05) is 44.8 Å². The van der Waals surface area contributed by atoms with E-state index in [9.17, 15) is 9.59 Å². The van der Waals surface area contributed by atoms with Crippen LogP contribution in [0.2, 0.25) is 0 Å². The Labute approximate surface area is 167 Å². The third kappa shape index (κ3) is 4.79. The molecule has 2 aromatic heterocycles. The number of pyridine rings is 1. The van der Waals surface area contributed by atoms with Gasteiger partial charge in [-0.05, 0) is 18.2 Å². The molecule has 1 aliphatic heterocycles. The number of morpholine rings is 1. The van der Waals surface area contributed by atoms with Gasteiger partial charge < -0.3 is 19.2 Å². The lowest BCUT2D eigenvalue weighted by molar-refractivity contribution is 0.0320. The molecule has 0 saturated carbocycles. The Kier molecular flexibility index (Phi) is 5.83. The van der Waals surface area contributed by atoms with Gasteiger partial charge in [-0.3, -0.25) is 9.69 Å². The van der Waals surface area contributed by atoms with E-state index in [2.05, 4.69) is 15.2 Å². The Morgan fingerprint density at radius 2 is 2.00 bits per heavy atom. The molecule has 0 radical (unpaired) electrons. The van der Waals surface area contributed by atoms with Crippen molar-refractivity contribution in [3.63, 3.8) is 0 Å². The first-order valence-electron chi connectivity index (χ1n) is 9.42. The highest BCUT2D eigenvalue weighted by molar-refractivity contribution is 6.05. The van der Waals surface area contributed by atoms with E-state index in [-0.39, 0.29) is 5.56 Å². The summed E-state index contributed by atoms with van der Waals surface area (Å²) in [5.74, 6) is -0.0752. The van der Waals surface area contributed by atoms with Gasteiger partial charge in [0, 0.05) is 31.1 Å². The molecule has 1 fully saturated rings. The molecule has 29 heavy (non-hydrogen) atoms. The van der Waals surface area contributed by atoms with Gasteiger partial charge in [-0.25, -0.2) is 9.78 Å². The number of fused-ring (bicyclic) bond motifs is 1. The fourth-order valence-corrected chi connectivity index (χ4v) is 3.06. The minimum atomic E-state index is -0.683. The number of para-hydroxylation sites is 1. The highest BCUT2D eigenvalue weighted by Crippen LogP contribution is 2.15. The molecule has 0 unspecified atom stereocenters. The maximum absolute atomic E-state index is 12.5. The predicted octanol–water partition coefficient (Wildman–Crippen LogP) is 2.15. The molecular weight excluding hydrogens is 374 g/mol. The highest BCUT2D eigenvalue weighted by Gasteiger charge is 2.14. The number of nitrogens with one attached hydrogen (secondary N) is 1. The quantitative estimate of drug-likeness (QED) is 0.639. The van der Waals surface area contributed by atoms with Gasteiger partial charge >= 0.3 is 5.63 Å². The zero-order valence-corrected chi connectivity index (χ0v) is 15.8. The average Bonchev–Trinajstić information content (AvgIpc) is 2.75. The second-order valence-electron chi connectivity index (χ2n) is 6.63. The largest absolute Gasteiger partial charge is 0.476 e. The van der Waals surface area contributed by atoms with Crippen LogP contribution in [0.5, 0.6) is 5.88 Å². The Bertz CT molecular complexity index is 1040. The molecule has 0 atom stereocenters. The molecule has 1 amide bonds. The molecule has 1 aromatic carbocycles. The predicted molar refractivity (Wildman–Crippen MR) is 107 cm³/mol. The molecule has 1 N–H and O–H groups in total. The summed E-state index contributed by atoms with van der Waals surface area (Å²) in [5, 5.41) is 3.34. The zero-order chi connectivity index (χ0) is 20.1. The fourth-order valence-electron chi connectivity index (χ4n) is 3.06. The molecule has 150 valence electrons. The van der Waals surface area contributed by atoms with Crippen molar-refractivity contribution < 1.29 is 18.7 Å². The van der Waals surface area contributed by atoms with Gasteiger partial charge in [0.25, 0.3) is 5.91 Å². The summed E-state index contributed by atoms with van der Waals surface area (Å²) in [7, 11) is 0. The Balaban J connectivity index is 1.35. The van der Waals surface area contributed by atoms with Crippen molar-refractivity contribution in [3.8, 4) is 5.88 Å². The molecular formula is C21H21N3O5. The van der Waals surface area contributed by atoms with Crippen LogP contribution in [0.4, 0.5) is 5.69 Å². The minimum Gasteiger partial charge on any atom is -0.476 e. The van der Waals surface area contributed by atoms with E-state index in [1.807, 2.05) is 6.07 Å². The molecule has 3 heterocycles. The Morgan fingerprint density at radius 1 is 1.17 bits per heavy atom. The lowest BCUT2D eigenvalue weighted by atomic mass is 10.2. The van der Waals surface area contributed by atoms with Crippen molar-refractivity contribution in [1.82, 2.24) is 9.88 Å². The van der Waals surface area contributed by atoms with E-state index >= 15 is 0 Å². The number of carbonyl (C=O) groups is 1. The summed E-state index contributed by atoms with van der Waals surface area (Å²) in [6.07, 6.45) is 1.49. The van der Waals surface area contributed by atoms with Crippen LogP contribution in [0.1, 0.15) is 10.4 Å². The maximum Gasteiger partial charge on any atom is 0.349 e. The first-order valence-corrected chi connectivity index (χ1v) is 9.42. The first-order chi connectivity index (χ1) is 14.2. The lowest BCUT2D eigenvalue weighted by Gasteiger charge is -2.26. The number of carbonyl (C=O) groups excluding carboxylic acids is 1. The van der Waals surface area contributed by atoms with Crippen LogP contribution in [0.15, 0.2) is 57.9 Å². The number of benzene rings is 1. The lowest BCUT2D eigenvalue weighted by Crippen LogP contribution is -2.38. The smallest absolute Gasteiger partial charge is 0.349 e.